The molecular formula is C20H18N2O4. The number of para-hydroxylation sites is 2. The number of benzene rings is 2. The van der Waals surface area contributed by atoms with Crippen LogP contribution >= 0.6 is 0 Å². The number of furan rings is 2. The van der Waals surface area contributed by atoms with Gasteiger partial charge >= 0.3 is 6.03 Å². The maximum Gasteiger partial charge on any atom is 0.342 e. The molecule has 0 saturated carbocycles. The lowest BCUT2D eigenvalue weighted by Crippen LogP contribution is -2.40. The summed E-state index contributed by atoms with van der Waals surface area (Å²) in [6, 6.07) is 13.6. The standard InChI is InChI=1S/C20H18N2O4/c1-2-21-20(23)22(24)19(15-11-25-17-9-5-3-7-13(15)17)16-12-26-18-10-6-4-8-14(16)18/h3-12,19,24H,2H2,1H3,(H,21,23). The molecule has 0 fully saturated rings. The number of rotatable bonds is 4. The third kappa shape index (κ3) is 2.60. The van der Waals surface area contributed by atoms with Crippen LogP contribution in [0.15, 0.2) is 69.9 Å². The van der Waals surface area contributed by atoms with E-state index in [1.165, 1.54) is 0 Å². The van der Waals surface area contributed by atoms with Gasteiger partial charge in [-0.25, -0.2) is 4.79 Å². The van der Waals surface area contributed by atoms with E-state index in [4.69, 9.17) is 8.83 Å². The molecule has 132 valence electrons. The molecule has 4 aromatic rings. The Balaban J connectivity index is 1.91. The van der Waals surface area contributed by atoms with Crippen molar-refractivity contribution in [1.29, 1.82) is 0 Å². The zero-order valence-corrected chi connectivity index (χ0v) is 14.2. The molecule has 0 aliphatic rings. The summed E-state index contributed by atoms with van der Waals surface area (Å²) in [7, 11) is 0. The van der Waals surface area contributed by atoms with Crippen LogP contribution in [0.3, 0.4) is 0 Å². The second kappa shape index (κ2) is 6.57. The number of hydroxylamine groups is 2. The van der Waals surface area contributed by atoms with Gasteiger partial charge in [-0.3, -0.25) is 5.21 Å². The first-order chi connectivity index (χ1) is 12.7. The lowest BCUT2D eigenvalue weighted by atomic mass is 9.97. The second-order valence-corrected chi connectivity index (χ2v) is 5.96. The molecular weight excluding hydrogens is 332 g/mol. The summed E-state index contributed by atoms with van der Waals surface area (Å²) in [6.45, 7) is 2.20. The van der Waals surface area contributed by atoms with Crippen LogP contribution in [0.1, 0.15) is 24.1 Å². The molecule has 2 aromatic heterocycles. The molecule has 0 radical (unpaired) electrons. The van der Waals surface area contributed by atoms with Gasteiger partial charge in [0.25, 0.3) is 0 Å². The highest BCUT2D eigenvalue weighted by Crippen LogP contribution is 2.38. The molecule has 0 spiro atoms. The van der Waals surface area contributed by atoms with Crippen molar-refractivity contribution in [1.82, 2.24) is 10.4 Å². The Labute approximate surface area is 149 Å². The van der Waals surface area contributed by atoms with Crippen LogP contribution in [0.4, 0.5) is 4.79 Å². The zero-order valence-electron chi connectivity index (χ0n) is 14.2. The van der Waals surface area contributed by atoms with Crippen molar-refractivity contribution in [3.05, 3.63) is 72.2 Å². The van der Waals surface area contributed by atoms with Crippen LogP contribution in [0, 0.1) is 0 Å². The van der Waals surface area contributed by atoms with Crippen LogP contribution in [0.5, 0.6) is 0 Å². The highest BCUT2D eigenvalue weighted by molar-refractivity contribution is 5.87. The molecule has 0 unspecified atom stereocenters. The minimum absolute atomic E-state index is 0.404. The van der Waals surface area contributed by atoms with Gasteiger partial charge in [-0.15, -0.1) is 0 Å². The van der Waals surface area contributed by atoms with E-state index in [-0.39, 0.29) is 0 Å². The van der Waals surface area contributed by atoms with Crippen LogP contribution in [0.2, 0.25) is 0 Å². The SMILES string of the molecule is CCNC(=O)N(O)C(c1coc2ccccc12)c1coc2ccccc12. The van der Waals surface area contributed by atoms with E-state index in [0.717, 1.165) is 10.8 Å². The molecule has 26 heavy (non-hydrogen) atoms. The lowest BCUT2D eigenvalue weighted by Gasteiger charge is -2.25. The first kappa shape index (κ1) is 16.2. The van der Waals surface area contributed by atoms with Crippen molar-refractivity contribution in [2.45, 2.75) is 13.0 Å². The zero-order chi connectivity index (χ0) is 18.1. The third-order valence-corrected chi connectivity index (χ3v) is 4.39. The van der Waals surface area contributed by atoms with Crippen molar-refractivity contribution in [2.75, 3.05) is 6.54 Å². The summed E-state index contributed by atoms with van der Waals surface area (Å²) in [4.78, 5) is 12.4. The minimum Gasteiger partial charge on any atom is -0.464 e. The molecule has 0 aliphatic carbocycles. The molecule has 2 aromatic carbocycles. The maximum atomic E-state index is 12.4. The molecule has 6 nitrogen and oxygen atoms in total. The predicted molar refractivity (Wildman–Crippen MR) is 97.0 cm³/mol. The fraction of sp³-hybridized carbons (Fsp3) is 0.150. The molecule has 4 rings (SSSR count). The first-order valence-electron chi connectivity index (χ1n) is 8.39. The Morgan fingerprint density at radius 1 is 1.00 bits per heavy atom. The maximum absolute atomic E-state index is 12.4. The van der Waals surface area contributed by atoms with Gasteiger partial charge in [-0.05, 0) is 19.1 Å². The van der Waals surface area contributed by atoms with Crippen molar-refractivity contribution < 1.29 is 18.8 Å². The average Bonchev–Trinajstić information content (AvgIpc) is 3.28. The van der Waals surface area contributed by atoms with Gasteiger partial charge in [-0.2, -0.15) is 5.06 Å². The smallest absolute Gasteiger partial charge is 0.342 e. The quantitative estimate of drug-likeness (QED) is 0.413. The topological polar surface area (TPSA) is 78.9 Å². The number of hydrogen-bond donors (Lipinski definition) is 2. The summed E-state index contributed by atoms with van der Waals surface area (Å²) in [6.07, 6.45) is 3.14. The Morgan fingerprint density at radius 3 is 2.00 bits per heavy atom. The largest absolute Gasteiger partial charge is 0.464 e. The van der Waals surface area contributed by atoms with Gasteiger partial charge in [0.15, 0.2) is 0 Å². The first-order valence-corrected chi connectivity index (χ1v) is 8.39. The third-order valence-electron chi connectivity index (χ3n) is 4.39. The molecule has 0 bridgehead atoms. The number of nitrogens with zero attached hydrogens (tertiary/aromatic N) is 1. The Hall–Kier alpha value is -3.25. The lowest BCUT2D eigenvalue weighted by molar-refractivity contribution is -0.0675. The Bertz CT molecular complexity index is 992. The van der Waals surface area contributed by atoms with E-state index < -0.39 is 12.1 Å². The second-order valence-electron chi connectivity index (χ2n) is 5.96. The molecule has 2 heterocycles. The molecule has 0 saturated heterocycles. The fourth-order valence-corrected chi connectivity index (χ4v) is 3.20. The van der Waals surface area contributed by atoms with Gasteiger partial charge < -0.3 is 14.2 Å². The van der Waals surface area contributed by atoms with Crippen molar-refractivity contribution in [2.24, 2.45) is 0 Å². The van der Waals surface area contributed by atoms with Gasteiger partial charge in [-0.1, -0.05) is 36.4 Å². The van der Waals surface area contributed by atoms with Crippen LogP contribution in [-0.4, -0.2) is 22.8 Å². The number of fused-ring (bicyclic) bond motifs is 2. The number of amides is 2. The Kier molecular flexibility index (Phi) is 4.10. The summed E-state index contributed by atoms with van der Waals surface area (Å²) in [5.74, 6) is 0. The minimum atomic E-state index is -0.770. The number of hydrogen-bond acceptors (Lipinski definition) is 4. The highest BCUT2D eigenvalue weighted by atomic mass is 16.5. The average molecular weight is 350 g/mol. The summed E-state index contributed by atoms with van der Waals surface area (Å²) < 4.78 is 11.3. The van der Waals surface area contributed by atoms with Crippen LogP contribution in [0.25, 0.3) is 21.9 Å². The van der Waals surface area contributed by atoms with E-state index in [1.54, 1.807) is 19.5 Å². The monoisotopic (exact) mass is 350 g/mol. The number of carbonyl (C=O) groups is 1. The van der Waals surface area contributed by atoms with Crippen molar-refractivity contribution in [3.8, 4) is 0 Å². The molecule has 0 aliphatic heterocycles. The van der Waals surface area contributed by atoms with E-state index >= 15 is 0 Å². The summed E-state index contributed by atoms with van der Waals surface area (Å²) in [5, 5.41) is 15.7. The normalized spacial score (nSPS) is 11.3. The van der Waals surface area contributed by atoms with E-state index in [1.807, 2.05) is 48.5 Å². The molecule has 0 atom stereocenters. The van der Waals surface area contributed by atoms with Gasteiger partial charge in [0, 0.05) is 28.4 Å². The van der Waals surface area contributed by atoms with E-state index in [2.05, 4.69) is 5.32 Å². The van der Waals surface area contributed by atoms with Crippen LogP contribution < -0.4 is 5.32 Å². The van der Waals surface area contributed by atoms with Crippen molar-refractivity contribution in [3.63, 3.8) is 0 Å². The van der Waals surface area contributed by atoms with Crippen molar-refractivity contribution >= 4 is 28.0 Å². The number of carbonyl (C=O) groups excluding carboxylic acids is 1. The summed E-state index contributed by atoms with van der Waals surface area (Å²) >= 11 is 0. The summed E-state index contributed by atoms with van der Waals surface area (Å²) in [5.41, 5.74) is 2.73. The van der Waals surface area contributed by atoms with E-state index in [9.17, 15) is 10.0 Å². The van der Waals surface area contributed by atoms with Crippen LogP contribution in [-0.2, 0) is 0 Å². The predicted octanol–water partition coefficient (Wildman–Crippen LogP) is 4.69. The Morgan fingerprint density at radius 2 is 1.50 bits per heavy atom. The molecule has 2 N–H and O–H groups in total. The fourth-order valence-electron chi connectivity index (χ4n) is 3.20. The number of nitrogens with one attached hydrogen (secondary N) is 1. The molecule has 2 amide bonds. The number of urea groups is 1. The van der Waals surface area contributed by atoms with E-state index in [0.29, 0.717) is 33.9 Å². The van der Waals surface area contributed by atoms with Gasteiger partial charge in [0.1, 0.15) is 17.2 Å². The van der Waals surface area contributed by atoms with Gasteiger partial charge in [0.2, 0.25) is 0 Å². The molecule has 6 heteroatoms. The van der Waals surface area contributed by atoms with Gasteiger partial charge in [0.05, 0.1) is 12.5 Å². The highest BCUT2D eigenvalue weighted by Gasteiger charge is 2.31.